The SMILES string of the molecule is C[C@H]1Oc2ccccc2O[C@@H]1C(=O)Nc1ccc(N(C)C)cc1. The fraction of sp³-hybridized carbons (Fsp3) is 0.278. The number of carbonyl (C=O) groups excluding carboxylic acids is 1. The molecule has 1 N–H and O–H groups in total. The van der Waals surface area contributed by atoms with Gasteiger partial charge in [-0.15, -0.1) is 0 Å². The Balaban J connectivity index is 1.71. The van der Waals surface area contributed by atoms with Gasteiger partial charge in [-0.2, -0.15) is 0 Å². The summed E-state index contributed by atoms with van der Waals surface area (Å²) in [5.74, 6) is 1.04. The molecule has 1 heterocycles. The zero-order valence-electron chi connectivity index (χ0n) is 13.4. The molecule has 0 radical (unpaired) electrons. The molecule has 0 unspecified atom stereocenters. The molecular formula is C18H20N2O3. The van der Waals surface area contributed by atoms with Crippen molar-refractivity contribution in [2.24, 2.45) is 0 Å². The topological polar surface area (TPSA) is 50.8 Å². The number of rotatable bonds is 3. The molecule has 5 nitrogen and oxygen atoms in total. The summed E-state index contributed by atoms with van der Waals surface area (Å²) in [6.45, 7) is 1.83. The first kappa shape index (κ1) is 15.2. The van der Waals surface area contributed by atoms with E-state index in [9.17, 15) is 4.79 Å². The fourth-order valence-corrected chi connectivity index (χ4v) is 2.46. The van der Waals surface area contributed by atoms with Crippen LogP contribution in [0.2, 0.25) is 0 Å². The van der Waals surface area contributed by atoms with Crippen molar-refractivity contribution in [1.82, 2.24) is 0 Å². The van der Waals surface area contributed by atoms with Gasteiger partial charge in [0.25, 0.3) is 5.91 Å². The molecule has 5 heteroatoms. The first-order valence-electron chi connectivity index (χ1n) is 7.55. The average molecular weight is 312 g/mol. The second kappa shape index (κ2) is 6.20. The van der Waals surface area contributed by atoms with Crippen molar-refractivity contribution in [2.45, 2.75) is 19.1 Å². The van der Waals surface area contributed by atoms with Crippen LogP contribution in [0.5, 0.6) is 11.5 Å². The number of hydrogen-bond donors (Lipinski definition) is 1. The van der Waals surface area contributed by atoms with Crippen molar-refractivity contribution < 1.29 is 14.3 Å². The normalized spacial score (nSPS) is 19.1. The average Bonchev–Trinajstić information content (AvgIpc) is 2.54. The van der Waals surface area contributed by atoms with Crippen LogP contribution < -0.4 is 19.7 Å². The van der Waals surface area contributed by atoms with Gasteiger partial charge in [0.2, 0.25) is 6.10 Å². The van der Waals surface area contributed by atoms with Crippen molar-refractivity contribution in [3.63, 3.8) is 0 Å². The quantitative estimate of drug-likeness (QED) is 0.947. The number of fused-ring (bicyclic) bond motifs is 1. The Morgan fingerprint density at radius 1 is 1.00 bits per heavy atom. The third-order valence-corrected chi connectivity index (χ3v) is 3.75. The molecule has 23 heavy (non-hydrogen) atoms. The third kappa shape index (κ3) is 3.23. The molecule has 2 aromatic rings. The van der Waals surface area contributed by atoms with Gasteiger partial charge in [0, 0.05) is 25.5 Å². The monoisotopic (exact) mass is 312 g/mol. The van der Waals surface area contributed by atoms with Crippen molar-refractivity contribution in [2.75, 3.05) is 24.3 Å². The molecule has 1 aliphatic rings. The molecule has 0 aromatic heterocycles. The van der Waals surface area contributed by atoms with E-state index in [1.54, 1.807) is 6.07 Å². The van der Waals surface area contributed by atoms with Gasteiger partial charge in [-0.25, -0.2) is 0 Å². The Kier molecular flexibility index (Phi) is 4.10. The van der Waals surface area contributed by atoms with Crippen molar-refractivity contribution in [3.05, 3.63) is 48.5 Å². The number of nitrogens with zero attached hydrogens (tertiary/aromatic N) is 1. The summed E-state index contributed by atoms with van der Waals surface area (Å²) in [6, 6.07) is 15.0. The van der Waals surface area contributed by atoms with Crippen LogP contribution >= 0.6 is 0 Å². The van der Waals surface area contributed by atoms with Gasteiger partial charge in [-0.1, -0.05) is 12.1 Å². The van der Waals surface area contributed by atoms with Gasteiger partial charge >= 0.3 is 0 Å². The summed E-state index contributed by atoms with van der Waals surface area (Å²) in [5.41, 5.74) is 1.80. The number of amides is 1. The summed E-state index contributed by atoms with van der Waals surface area (Å²) in [7, 11) is 3.94. The number of carbonyl (C=O) groups is 1. The first-order chi connectivity index (χ1) is 11.0. The number of nitrogens with one attached hydrogen (secondary N) is 1. The predicted octanol–water partition coefficient (Wildman–Crippen LogP) is 2.92. The summed E-state index contributed by atoms with van der Waals surface area (Å²) < 4.78 is 11.6. The molecule has 0 bridgehead atoms. The Hall–Kier alpha value is -2.69. The van der Waals surface area contributed by atoms with E-state index in [4.69, 9.17) is 9.47 Å². The second-order valence-corrected chi connectivity index (χ2v) is 5.74. The lowest BCUT2D eigenvalue weighted by atomic mass is 10.1. The lowest BCUT2D eigenvalue weighted by Crippen LogP contribution is -2.46. The molecule has 120 valence electrons. The van der Waals surface area contributed by atoms with Gasteiger partial charge in [0.1, 0.15) is 6.10 Å². The van der Waals surface area contributed by atoms with Crippen LogP contribution in [0.1, 0.15) is 6.92 Å². The molecule has 3 rings (SSSR count). The summed E-state index contributed by atoms with van der Waals surface area (Å²) in [5, 5.41) is 2.88. The third-order valence-electron chi connectivity index (χ3n) is 3.75. The van der Waals surface area contributed by atoms with Crippen molar-refractivity contribution >= 4 is 17.3 Å². The molecule has 0 spiro atoms. The molecule has 0 fully saturated rings. The number of ether oxygens (including phenoxy) is 2. The minimum absolute atomic E-state index is 0.218. The van der Waals surface area contributed by atoms with Crippen LogP contribution in [0.15, 0.2) is 48.5 Å². The van der Waals surface area contributed by atoms with Crippen molar-refractivity contribution in [3.8, 4) is 11.5 Å². The van der Waals surface area contributed by atoms with Gasteiger partial charge in [-0.05, 0) is 43.3 Å². The van der Waals surface area contributed by atoms with E-state index in [0.29, 0.717) is 11.5 Å². The standard InChI is InChI=1S/C18H20N2O3/c1-12-17(23-16-7-5-4-6-15(16)22-12)18(21)19-13-8-10-14(11-9-13)20(2)3/h4-12,17H,1-3H3,(H,19,21)/t12-,17+/m1/s1. The number of para-hydroxylation sites is 2. The molecular weight excluding hydrogens is 292 g/mol. The Bertz CT molecular complexity index is 698. The van der Waals surface area contributed by atoms with Crippen LogP contribution in [-0.2, 0) is 4.79 Å². The number of anilines is 2. The molecule has 0 saturated heterocycles. The molecule has 0 aliphatic carbocycles. The summed E-state index contributed by atoms with van der Waals surface area (Å²) >= 11 is 0. The molecule has 2 aromatic carbocycles. The molecule has 1 amide bonds. The van der Waals surface area contributed by atoms with Crippen LogP contribution in [0.4, 0.5) is 11.4 Å². The van der Waals surface area contributed by atoms with E-state index < -0.39 is 6.10 Å². The minimum atomic E-state index is -0.682. The van der Waals surface area contributed by atoms with E-state index in [2.05, 4.69) is 5.32 Å². The van der Waals surface area contributed by atoms with Gasteiger partial charge < -0.3 is 19.7 Å². The Morgan fingerprint density at radius 2 is 1.61 bits per heavy atom. The van der Waals surface area contributed by atoms with E-state index in [-0.39, 0.29) is 12.0 Å². The van der Waals surface area contributed by atoms with E-state index in [0.717, 1.165) is 11.4 Å². The molecule has 1 aliphatic heterocycles. The predicted molar refractivity (Wildman–Crippen MR) is 90.3 cm³/mol. The van der Waals surface area contributed by atoms with Gasteiger partial charge in [0.05, 0.1) is 0 Å². The number of hydrogen-bond acceptors (Lipinski definition) is 4. The van der Waals surface area contributed by atoms with Crippen LogP contribution in [0, 0.1) is 0 Å². The maximum absolute atomic E-state index is 12.5. The summed E-state index contributed by atoms with van der Waals surface area (Å²) in [4.78, 5) is 14.5. The fourth-order valence-electron chi connectivity index (χ4n) is 2.46. The first-order valence-corrected chi connectivity index (χ1v) is 7.55. The highest BCUT2D eigenvalue weighted by molar-refractivity contribution is 5.95. The highest BCUT2D eigenvalue weighted by Crippen LogP contribution is 2.33. The lowest BCUT2D eigenvalue weighted by Gasteiger charge is -2.31. The van der Waals surface area contributed by atoms with Crippen molar-refractivity contribution in [1.29, 1.82) is 0 Å². The van der Waals surface area contributed by atoms with Gasteiger partial charge in [-0.3, -0.25) is 4.79 Å². The lowest BCUT2D eigenvalue weighted by molar-refractivity contribution is -0.128. The smallest absolute Gasteiger partial charge is 0.269 e. The van der Waals surface area contributed by atoms with E-state index in [1.165, 1.54) is 0 Å². The minimum Gasteiger partial charge on any atom is -0.482 e. The zero-order chi connectivity index (χ0) is 16.4. The molecule has 2 atom stereocenters. The maximum Gasteiger partial charge on any atom is 0.269 e. The second-order valence-electron chi connectivity index (χ2n) is 5.74. The molecule has 0 saturated carbocycles. The highest BCUT2D eigenvalue weighted by Gasteiger charge is 2.34. The maximum atomic E-state index is 12.5. The Morgan fingerprint density at radius 3 is 2.22 bits per heavy atom. The van der Waals surface area contributed by atoms with Gasteiger partial charge in [0.15, 0.2) is 11.5 Å². The van der Waals surface area contributed by atoms with E-state index >= 15 is 0 Å². The summed E-state index contributed by atoms with van der Waals surface area (Å²) in [6.07, 6.45) is -1.04. The van der Waals surface area contributed by atoms with E-state index in [1.807, 2.05) is 68.4 Å². The van der Waals surface area contributed by atoms with Crippen LogP contribution in [-0.4, -0.2) is 32.2 Å². The largest absolute Gasteiger partial charge is 0.482 e. The Labute approximate surface area is 135 Å². The highest BCUT2D eigenvalue weighted by atomic mass is 16.6. The van der Waals surface area contributed by atoms with Crippen LogP contribution in [0.3, 0.4) is 0 Å². The zero-order valence-corrected chi connectivity index (χ0v) is 13.4. The van der Waals surface area contributed by atoms with Crippen LogP contribution in [0.25, 0.3) is 0 Å². The number of benzene rings is 2.